The summed E-state index contributed by atoms with van der Waals surface area (Å²) in [6.45, 7) is 0. The first kappa shape index (κ1) is 23.1. The summed E-state index contributed by atoms with van der Waals surface area (Å²) in [5.74, 6) is -2.53. The zero-order chi connectivity index (χ0) is 12.7. The second-order valence-corrected chi connectivity index (χ2v) is 2.75. The van der Waals surface area contributed by atoms with Crippen LogP contribution in [0, 0.1) is 0 Å². The Morgan fingerprint density at radius 1 is 1.17 bits per heavy atom. The van der Waals surface area contributed by atoms with Crippen molar-refractivity contribution in [1.29, 1.82) is 0 Å². The van der Waals surface area contributed by atoms with Crippen LogP contribution in [0.2, 0.25) is 0 Å². The first-order valence-corrected chi connectivity index (χ1v) is 4.68. The summed E-state index contributed by atoms with van der Waals surface area (Å²) >= 11 is 0. The predicted molar refractivity (Wildman–Crippen MR) is 51.6 cm³/mol. The SMILES string of the molecule is FP(F)F.O.O=C([O-])c1cccc(C(=O)O)c1.[K+]. The molecule has 0 saturated heterocycles. The van der Waals surface area contributed by atoms with E-state index in [0.717, 1.165) is 6.07 Å². The van der Waals surface area contributed by atoms with Crippen molar-refractivity contribution in [2.45, 2.75) is 0 Å². The van der Waals surface area contributed by atoms with Crippen LogP contribution in [0.5, 0.6) is 0 Å². The third-order valence-electron chi connectivity index (χ3n) is 1.35. The Hall–Kier alpha value is -0.0236. The Morgan fingerprint density at radius 2 is 1.56 bits per heavy atom. The summed E-state index contributed by atoms with van der Waals surface area (Å²) in [6, 6.07) is 5.00. The molecule has 1 aromatic rings. The number of carboxylic acids is 2. The largest absolute Gasteiger partial charge is 1.00 e. The van der Waals surface area contributed by atoms with Crippen molar-refractivity contribution in [3.8, 4) is 0 Å². The van der Waals surface area contributed by atoms with Gasteiger partial charge in [0.1, 0.15) is 0 Å². The van der Waals surface area contributed by atoms with Crippen LogP contribution in [-0.2, 0) is 0 Å². The van der Waals surface area contributed by atoms with Gasteiger partial charge in [-0.25, -0.2) is 4.79 Å². The average molecular weight is 310 g/mol. The van der Waals surface area contributed by atoms with E-state index in [0.29, 0.717) is 0 Å². The third-order valence-corrected chi connectivity index (χ3v) is 1.35. The summed E-state index contributed by atoms with van der Waals surface area (Å²) in [5, 5.41) is 18.7. The fourth-order valence-electron chi connectivity index (χ4n) is 0.779. The number of rotatable bonds is 2. The van der Waals surface area contributed by atoms with Crippen molar-refractivity contribution in [3.05, 3.63) is 35.4 Å². The molecule has 0 aliphatic heterocycles. The quantitative estimate of drug-likeness (QED) is 0.506. The number of halogens is 3. The molecule has 0 unspecified atom stereocenters. The molecule has 0 aromatic heterocycles. The Bertz CT molecular complexity index is 359. The van der Waals surface area contributed by atoms with E-state index in [4.69, 9.17) is 5.11 Å². The van der Waals surface area contributed by atoms with Gasteiger partial charge in [0.05, 0.1) is 11.5 Å². The van der Waals surface area contributed by atoms with E-state index in [2.05, 4.69) is 0 Å². The van der Waals surface area contributed by atoms with Gasteiger partial charge in [0.15, 0.2) is 0 Å². The summed E-state index contributed by atoms with van der Waals surface area (Å²) in [6.07, 6.45) is 0. The molecule has 5 nitrogen and oxygen atoms in total. The van der Waals surface area contributed by atoms with Gasteiger partial charge in [-0.3, -0.25) is 0 Å². The fourth-order valence-corrected chi connectivity index (χ4v) is 0.779. The van der Waals surface area contributed by atoms with Gasteiger partial charge in [-0.05, 0) is 17.7 Å². The molecule has 10 heteroatoms. The average Bonchev–Trinajstić information content (AvgIpc) is 2.17. The molecule has 18 heavy (non-hydrogen) atoms. The molecule has 3 N–H and O–H groups in total. The Balaban J connectivity index is -0.000000332. The van der Waals surface area contributed by atoms with Crippen molar-refractivity contribution in [2.24, 2.45) is 0 Å². The molecule has 0 atom stereocenters. The van der Waals surface area contributed by atoms with E-state index in [-0.39, 0.29) is 68.0 Å². The molecule has 0 heterocycles. The second kappa shape index (κ2) is 12.0. The molecular weight excluding hydrogens is 303 g/mol. The first-order chi connectivity index (χ1) is 7.34. The standard InChI is InChI=1S/C8H6O4.F3P.K.H2O/c9-7(10)5-2-1-3-6(4-5)8(11)12;1-4(2)3;;/h1-4H,(H,9,10)(H,11,12);;;1H2/q;;+1;/p-1. The van der Waals surface area contributed by atoms with Gasteiger partial charge >= 0.3 is 66.2 Å². The summed E-state index contributed by atoms with van der Waals surface area (Å²) < 4.78 is 29.2. The third kappa shape index (κ3) is 11.1. The first-order valence-electron chi connectivity index (χ1n) is 3.66. The molecule has 0 radical (unpaired) electrons. The fraction of sp³-hybridized carbons (Fsp3) is 0. The van der Waals surface area contributed by atoms with Crippen molar-refractivity contribution in [2.75, 3.05) is 0 Å². The zero-order valence-electron chi connectivity index (χ0n) is 9.06. The number of carbonyl (C=O) groups excluding carboxylic acids is 1. The summed E-state index contributed by atoms with van der Waals surface area (Å²) in [5.41, 5.74) is -0.188. The maximum atomic E-state index is 10.4. The van der Waals surface area contributed by atoms with E-state index >= 15 is 0 Å². The van der Waals surface area contributed by atoms with Gasteiger partial charge in [0, 0.05) is 0 Å². The monoisotopic (exact) mass is 310 g/mol. The van der Waals surface area contributed by atoms with Crippen molar-refractivity contribution in [1.82, 2.24) is 0 Å². The Labute approximate surface area is 144 Å². The van der Waals surface area contributed by atoms with Crippen LogP contribution in [-0.4, -0.2) is 22.5 Å². The Morgan fingerprint density at radius 3 is 1.89 bits per heavy atom. The maximum absolute atomic E-state index is 10.4. The van der Waals surface area contributed by atoms with Crippen LogP contribution in [0.4, 0.5) is 12.6 Å². The predicted octanol–water partition coefficient (Wildman–Crippen LogP) is -1.95. The molecule has 96 valence electrons. The molecule has 1 rings (SSSR count). The topological polar surface area (TPSA) is 109 Å². The van der Waals surface area contributed by atoms with Crippen LogP contribution >= 0.6 is 8.85 Å². The van der Waals surface area contributed by atoms with Crippen molar-refractivity contribution >= 4 is 20.8 Å². The zero-order valence-corrected chi connectivity index (χ0v) is 13.1. The van der Waals surface area contributed by atoms with Crippen LogP contribution in [0.25, 0.3) is 0 Å². The van der Waals surface area contributed by atoms with Crippen molar-refractivity contribution < 1.29 is 89.3 Å². The van der Waals surface area contributed by atoms with Gasteiger partial charge in [-0.15, -0.1) is 0 Å². The normalized spacial score (nSPS) is 8.22. The molecule has 0 aliphatic carbocycles. The van der Waals surface area contributed by atoms with Crippen LogP contribution < -0.4 is 56.5 Å². The molecule has 0 bridgehead atoms. The minimum atomic E-state index is -4.12. The smallest absolute Gasteiger partial charge is 0.545 e. The number of benzene rings is 1. The minimum absolute atomic E-state index is 0. The number of hydrogen-bond donors (Lipinski definition) is 1. The van der Waals surface area contributed by atoms with Gasteiger partial charge in [-0.1, -0.05) is 12.1 Å². The van der Waals surface area contributed by atoms with E-state index in [1.165, 1.54) is 18.2 Å². The summed E-state index contributed by atoms with van der Waals surface area (Å²) in [7, 11) is -4.12. The number of hydrogen-bond acceptors (Lipinski definition) is 3. The van der Waals surface area contributed by atoms with Gasteiger partial charge in [0.25, 0.3) is 0 Å². The Kier molecular flexibility index (Phi) is 15.4. The van der Waals surface area contributed by atoms with Gasteiger partial charge in [0.2, 0.25) is 0 Å². The molecule has 0 fully saturated rings. The van der Waals surface area contributed by atoms with Crippen molar-refractivity contribution in [3.63, 3.8) is 0 Å². The maximum Gasteiger partial charge on any atom is 1.00 e. The number of carbonyl (C=O) groups is 2. The van der Waals surface area contributed by atoms with E-state index in [1.54, 1.807) is 0 Å². The number of aromatic carboxylic acids is 2. The van der Waals surface area contributed by atoms with Crippen LogP contribution in [0.1, 0.15) is 20.7 Å². The molecule has 0 amide bonds. The molecule has 0 saturated carbocycles. The summed E-state index contributed by atoms with van der Waals surface area (Å²) in [4.78, 5) is 20.6. The molecule has 1 aromatic carbocycles. The molecule has 0 spiro atoms. The van der Waals surface area contributed by atoms with Gasteiger partial charge in [-0.2, -0.15) is 12.6 Å². The number of carboxylic acid groups (broad SMARTS) is 2. The van der Waals surface area contributed by atoms with Gasteiger partial charge < -0.3 is 20.5 Å². The molecular formula is C8H7F3KO5P. The molecule has 0 aliphatic rings. The second-order valence-electron chi connectivity index (χ2n) is 2.37. The van der Waals surface area contributed by atoms with Crippen LogP contribution in [0.3, 0.4) is 0 Å². The minimum Gasteiger partial charge on any atom is -0.545 e. The van der Waals surface area contributed by atoms with E-state index in [1.807, 2.05) is 0 Å². The van der Waals surface area contributed by atoms with E-state index < -0.39 is 20.8 Å². The van der Waals surface area contributed by atoms with Crippen LogP contribution in [0.15, 0.2) is 24.3 Å². The van der Waals surface area contributed by atoms with E-state index in [9.17, 15) is 27.3 Å².